The second-order valence-electron chi connectivity index (χ2n) is 6.36. The summed E-state index contributed by atoms with van der Waals surface area (Å²) in [5, 5.41) is 0. The Morgan fingerprint density at radius 3 is 2.20 bits per heavy atom. The monoisotopic (exact) mass is 209 g/mol. The normalized spacial score (nSPS) is 16.3. The maximum atomic E-state index is 8.32. The zero-order chi connectivity index (χ0) is 12.7. The summed E-state index contributed by atoms with van der Waals surface area (Å²) < 4.78 is 10.3. The highest BCUT2D eigenvalue weighted by Gasteiger charge is 2.23. The summed E-state index contributed by atoms with van der Waals surface area (Å²) in [6, 6.07) is 0. The predicted octanol–water partition coefficient (Wildman–Crippen LogP) is 3.54. The first-order valence-corrected chi connectivity index (χ1v) is 5.51. The lowest BCUT2D eigenvalue weighted by atomic mass is 9.93. The van der Waals surface area contributed by atoms with E-state index in [0.29, 0.717) is 0 Å². The SMILES string of the molecule is [2H]C(n1cc(C)nc1C(C)(C)C)C(C)(C)C. The fourth-order valence-electron chi connectivity index (χ4n) is 1.59. The average Bonchev–Trinajstić information content (AvgIpc) is 2.43. The molecule has 1 heterocycles. The minimum atomic E-state index is -0.289. The van der Waals surface area contributed by atoms with Gasteiger partial charge in [0.1, 0.15) is 5.82 Å². The Bertz CT molecular complexity index is 366. The van der Waals surface area contributed by atoms with Crippen molar-refractivity contribution in [3.63, 3.8) is 0 Å². The molecule has 0 fully saturated rings. The number of hydrogen-bond acceptors (Lipinski definition) is 1. The molecule has 0 aromatic carbocycles. The second kappa shape index (κ2) is 3.66. The lowest BCUT2D eigenvalue weighted by Gasteiger charge is -2.25. The van der Waals surface area contributed by atoms with Crippen LogP contribution in [-0.4, -0.2) is 9.55 Å². The Kier molecular flexibility index (Phi) is 2.61. The van der Waals surface area contributed by atoms with Crippen LogP contribution < -0.4 is 0 Å². The summed E-state index contributed by atoms with van der Waals surface area (Å²) in [5.41, 5.74) is 0.901. The van der Waals surface area contributed by atoms with Crippen LogP contribution in [0.2, 0.25) is 0 Å². The van der Waals surface area contributed by atoms with Gasteiger partial charge in [-0.15, -0.1) is 0 Å². The Morgan fingerprint density at radius 1 is 1.27 bits per heavy atom. The molecule has 0 bridgehead atoms. The van der Waals surface area contributed by atoms with Crippen molar-refractivity contribution >= 4 is 0 Å². The lowest BCUT2D eigenvalue weighted by Crippen LogP contribution is -2.23. The summed E-state index contributed by atoms with van der Waals surface area (Å²) in [6.45, 7) is 14.4. The van der Waals surface area contributed by atoms with E-state index in [1.165, 1.54) is 0 Å². The van der Waals surface area contributed by atoms with Crippen LogP contribution in [0.5, 0.6) is 0 Å². The highest BCUT2D eigenvalue weighted by atomic mass is 15.1. The van der Waals surface area contributed by atoms with Gasteiger partial charge < -0.3 is 4.57 Å². The molecule has 0 aliphatic heterocycles. The molecule has 0 aliphatic rings. The zero-order valence-electron chi connectivity index (χ0n) is 12.0. The first-order chi connectivity index (χ1) is 7.03. The van der Waals surface area contributed by atoms with Crippen LogP contribution in [0.4, 0.5) is 0 Å². The molecule has 0 saturated heterocycles. The molecule has 1 aromatic heterocycles. The van der Waals surface area contributed by atoms with E-state index >= 15 is 0 Å². The number of nitrogens with zero attached hydrogens (tertiary/aromatic N) is 2. The van der Waals surface area contributed by atoms with Crippen LogP contribution in [0, 0.1) is 12.3 Å². The predicted molar refractivity (Wildman–Crippen MR) is 65.1 cm³/mol. The van der Waals surface area contributed by atoms with E-state index in [2.05, 4.69) is 46.5 Å². The van der Waals surface area contributed by atoms with Gasteiger partial charge in [0.15, 0.2) is 0 Å². The Balaban J connectivity index is 3.24. The quantitative estimate of drug-likeness (QED) is 0.692. The van der Waals surface area contributed by atoms with Gasteiger partial charge in [0.25, 0.3) is 0 Å². The van der Waals surface area contributed by atoms with Crippen LogP contribution in [-0.2, 0) is 11.9 Å². The van der Waals surface area contributed by atoms with Crippen molar-refractivity contribution in [2.24, 2.45) is 5.41 Å². The molecule has 15 heavy (non-hydrogen) atoms. The Morgan fingerprint density at radius 2 is 1.80 bits per heavy atom. The van der Waals surface area contributed by atoms with Crippen LogP contribution in [0.15, 0.2) is 6.20 Å². The van der Waals surface area contributed by atoms with Gasteiger partial charge in [-0.25, -0.2) is 4.98 Å². The van der Waals surface area contributed by atoms with Gasteiger partial charge in [-0.05, 0) is 12.3 Å². The van der Waals surface area contributed by atoms with Crippen molar-refractivity contribution in [1.82, 2.24) is 9.55 Å². The fraction of sp³-hybridized carbons (Fsp3) is 0.769. The van der Waals surface area contributed by atoms with Gasteiger partial charge in [-0.1, -0.05) is 41.5 Å². The van der Waals surface area contributed by atoms with Crippen molar-refractivity contribution < 1.29 is 1.37 Å². The summed E-state index contributed by atoms with van der Waals surface area (Å²) in [4.78, 5) is 4.56. The van der Waals surface area contributed by atoms with Crippen LogP contribution >= 0.6 is 0 Å². The topological polar surface area (TPSA) is 17.8 Å². The molecule has 0 radical (unpaired) electrons. The van der Waals surface area contributed by atoms with Crippen molar-refractivity contribution in [1.29, 1.82) is 0 Å². The van der Waals surface area contributed by atoms with Gasteiger partial charge in [-0.2, -0.15) is 0 Å². The number of imidazole rings is 1. The third kappa shape index (κ3) is 3.37. The molecular formula is C13H24N2. The summed E-state index contributed by atoms with van der Waals surface area (Å²) in [5.74, 6) is 1.000. The molecule has 1 rings (SSSR count). The number of aromatic nitrogens is 2. The van der Waals surface area contributed by atoms with E-state index < -0.39 is 0 Å². The van der Waals surface area contributed by atoms with Gasteiger partial charge in [-0.3, -0.25) is 0 Å². The van der Waals surface area contributed by atoms with Crippen LogP contribution in [0.1, 0.15) is 54.4 Å². The van der Waals surface area contributed by atoms with Gasteiger partial charge >= 0.3 is 0 Å². The third-order valence-electron chi connectivity index (χ3n) is 2.05. The average molecular weight is 209 g/mol. The maximum absolute atomic E-state index is 8.32. The first-order valence-electron chi connectivity index (χ1n) is 6.09. The molecule has 2 heteroatoms. The molecule has 1 atom stereocenters. The van der Waals surface area contributed by atoms with E-state index in [1.54, 1.807) is 0 Å². The van der Waals surface area contributed by atoms with Crippen LogP contribution in [0.3, 0.4) is 0 Å². The molecule has 1 unspecified atom stereocenters. The van der Waals surface area contributed by atoms with Gasteiger partial charge in [0.2, 0.25) is 0 Å². The van der Waals surface area contributed by atoms with Crippen molar-refractivity contribution in [3.8, 4) is 0 Å². The Labute approximate surface area is 95.1 Å². The van der Waals surface area contributed by atoms with E-state index in [0.717, 1.165) is 11.5 Å². The van der Waals surface area contributed by atoms with E-state index in [-0.39, 0.29) is 17.4 Å². The lowest BCUT2D eigenvalue weighted by molar-refractivity contribution is 0.327. The summed E-state index contributed by atoms with van der Waals surface area (Å²) >= 11 is 0. The number of hydrogen-bond donors (Lipinski definition) is 0. The smallest absolute Gasteiger partial charge is 0.114 e. The van der Waals surface area contributed by atoms with Crippen LogP contribution in [0.25, 0.3) is 0 Å². The largest absolute Gasteiger partial charge is 0.334 e. The highest BCUT2D eigenvalue weighted by molar-refractivity contribution is 5.10. The summed E-state index contributed by atoms with van der Waals surface area (Å²) in [6.07, 6.45) is 1.99. The molecule has 0 N–H and O–H groups in total. The molecule has 0 spiro atoms. The zero-order valence-corrected chi connectivity index (χ0v) is 11.0. The number of aryl methyl sites for hydroxylation is 1. The van der Waals surface area contributed by atoms with Crippen molar-refractivity contribution in [3.05, 3.63) is 17.7 Å². The van der Waals surface area contributed by atoms with E-state index in [4.69, 9.17) is 1.37 Å². The molecular weight excluding hydrogens is 184 g/mol. The molecule has 0 aliphatic carbocycles. The van der Waals surface area contributed by atoms with Crippen molar-refractivity contribution in [2.75, 3.05) is 0 Å². The van der Waals surface area contributed by atoms with Crippen molar-refractivity contribution in [2.45, 2.75) is 60.4 Å². The number of rotatable bonds is 1. The maximum Gasteiger partial charge on any atom is 0.114 e. The third-order valence-corrected chi connectivity index (χ3v) is 2.05. The first kappa shape index (κ1) is 10.7. The van der Waals surface area contributed by atoms with Gasteiger partial charge in [0.05, 0.1) is 7.06 Å². The molecule has 2 nitrogen and oxygen atoms in total. The Hall–Kier alpha value is -0.790. The van der Waals surface area contributed by atoms with E-state index in [9.17, 15) is 0 Å². The summed E-state index contributed by atoms with van der Waals surface area (Å²) in [7, 11) is 0. The molecule has 0 amide bonds. The molecule has 0 saturated carbocycles. The fourth-order valence-corrected chi connectivity index (χ4v) is 1.59. The molecule has 1 aromatic rings. The minimum absolute atomic E-state index is 0.0151. The molecule has 86 valence electrons. The van der Waals surface area contributed by atoms with Gasteiger partial charge in [0, 0.05) is 18.1 Å². The standard InChI is InChI=1S/C13H24N2/c1-10-8-15(9-12(2,3)4)11(14-10)13(5,6)7/h8H,9H2,1-7H3/i9D. The highest BCUT2D eigenvalue weighted by Crippen LogP contribution is 2.25. The second-order valence-corrected chi connectivity index (χ2v) is 6.36. The van der Waals surface area contributed by atoms with E-state index in [1.807, 2.05) is 17.7 Å². The minimum Gasteiger partial charge on any atom is -0.334 e.